The zero-order valence-corrected chi connectivity index (χ0v) is 18.1. The Bertz CT molecular complexity index is 557. The maximum Gasteiger partial charge on any atom is 0.219 e. The van der Waals surface area contributed by atoms with Gasteiger partial charge in [0.15, 0.2) is 5.96 Å². The molecule has 0 bridgehead atoms. The molecule has 140 valence electrons. The molecule has 5 nitrogen and oxygen atoms in total. The maximum absolute atomic E-state index is 11.4. The number of amides is 1. The Balaban J connectivity index is 0.00000312. The van der Waals surface area contributed by atoms with E-state index in [-0.39, 0.29) is 29.9 Å². The third kappa shape index (κ3) is 7.40. The summed E-state index contributed by atoms with van der Waals surface area (Å²) < 4.78 is 0. The Morgan fingerprint density at radius 2 is 1.76 bits per heavy atom. The van der Waals surface area contributed by atoms with E-state index in [9.17, 15) is 4.79 Å². The molecule has 1 aromatic rings. The molecule has 1 N–H and O–H groups in total. The smallest absolute Gasteiger partial charge is 0.219 e. The van der Waals surface area contributed by atoms with Crippen molar-refractivity contribution in [3.8, 4) is 0 Å². The number of hydrogen-bond acceptors (Lipinski definition) is 2. The molecular formula is C18H28ClIN4O. The quantitative estimate of drug-likeness (QED) is 0.306. The summed E-state index contributed by atoms with van der Waals surface area (Å²) in [5.74, 6) is 1.11. The Kier molecular flexibility index (Phi) is 10.2. The minimum absolute atomic E-state index is 0. The first-order valence-corrected chi connectivity index (χ1v) is 9.01. The van der Waals surface area contributed by atoms with E-state index >= 15 is 0 Å². The molecule has 1 aliphatic heterocycles. The molecule has 1 fully saturated rings. The fourth-order valence-electron chi connectivity index (χ4n) is 2.78. The van der Waals surface area contributed by atoms with Gasteiger partial charge in [-0.25, -0.2) is 0 Å². The van der Waals surface area contributed by atoms with Crippen molar-refractivity contribution in [3.63, 3.8) is 0 Å². The number of carbonyl (C=O) groups is 1. The molecule has 7 heteroatoms. The normalized spacial score (nSPS) is 14.9. The molecule has 2 rings (SSSR count). The summed E-state index contributed by atoms with van der Waals surface area (Å²) in [6, 6.07) is 7.99. The summed E-state index contributed by atoms with van der Waals surface area (Å²) >= 11 is 5.90. The summed E-state index contributed by atoms with van der Waals surface area (Å²) in [4.78, 5) is 20.3. The van der Waals surface area contributed by atoms with E-state index in [0.29, 0.717) is 0 Å². The van der Waals surface area contributed by atoms with Crippen molar-refractivity contribution in [2.24, 2.45) is 4.99 Å². The van der Waals surface area contributed by atoms with Crippen LogP contribution in [0.15, 0.2) is 29.3 Å². The lowest BCUT2D eigenvalue weighted by atomic mass is 10.1. The van der Waals surface area contributed by atoms with Crippen LogP contribution in [-0.2, 0) is 11.2 Å². The van der Waals surface area contributed by atoms with Crippen LogP contribution in [0.5, 0.6) is 0 Å². The number of piperazine rings is 1. The Hall–Kier alpha value is -1.02. The predicted octanol–water partition coefficient (Wildman–Crippen LogP) is 3.02. The van der Waals surface area contributed by atoms with Crippen LogP contribution in [0.2, 0.25) is 5.02 Å². The number of nitrogens with zero attached hydrogens (tertiary/aromatic N) is 3. The first-order chi connectivity index (χ1) is 11.6. The fourth-order valence-corrected chi connectivity index (χ4v) is 2.90. The monoisotopic (exact) mass is 478 g/mol. The molecule has 1 heterocycles. The second-order valence-corrected chi connectivity index (χ2v) is 6.40. The van der Waals surface area contributed by atoms with Gasteiger partial charge < -0.3 is 15.1 Å². The van der Waals surface area contributed by atoms with Crippen LogP contribution in [-0.4, -0.2) is 60.9 Å². The van der Waals surface area contributed by atoms with Crippen molar-refractivity contribution < 1.29 is 4.79 Å². The zero-order valence-electron chi connectivity index (χ0n) is 15.0. The molecule has 1 aromatic carbocycles. The van der Waals surface area contributed by atoms with E-state index in [0.717, 1.165) is 63.1 Å². The Labute approximate surface area is 172 Å². The van der Waals surface area contributed by atoms with E-state index in [4.69, 9.17) is 16.6 Å². The summed E-state index contributed by atoms with van der Waals surface area (Å²) in [6.07, 6.45) is 2.00. The molecule has 0 radical (unpaired) electrons. The minimum atomic E-state index is 0. The van der Waals surface area contributed by atoms with Crippen LogP contribution in [0.1, 0.15) is 25.8 Å². The van der Waals surface area contributed by atoms with Gasteiger partial charge in [-0.15, -0.1) is 24.0 Å². The van der Waals surface area contributed by atoms with Gasteiger partial charge in [0, 0.05) is 51.2 Å². The molecule has 0 spiro atoms. The molecule has 25 heavy (non-hydrogen) atoms. The second kappa shape index (κ2) is 11.6. The average Bonchev–Trinajstić information content (AvgIpc) is 2.59. The van der Waals surface area contributed by atoms with Crippen molar-refractivity contribution in [2.75, 3.05) is 39.3 Å². The lowest BCUT2D eigenvalue weighted by molar-refractivity contribution is -0.130. The van der Waals surface area contributed by atoms with Crippen LogP contribution >= 0.6 is 35.6 Å². The van der Waals surface area contributed by atoms with Crippen molar-refractivity contribution in [2.45, 2.75) is 26.7 Å². The van der Waals surface area contributed by atoms with Gasteiger partial charge in [0.1, 0.15) is 0 Å². The zero-order chi connectivity index (χ0) is 17.4. The average molecular weight is 479 g/mol. The number of nitrogens with one attached hydrogen (secondary N) is 1. The number of aliphatic imine (C=N–C) groups is 1. The van der Waals surface area contributed by atoms with Crippen molar-refractivity contribution in [3.05, 3.63) is 34.9 Å². The largest absolute Gasteiger partial charge is 0.357 e. The molecule has 1 aliphatic rings. The molecule has 0 unspecified atom stereocenters. The molecule has 1 amide bonds. The molecular weight excluding hydrogens is 451 g/mol. The van der Waals surface area contributed by atoms with Crippen LogP contribution in [0.3, 0.4) is 0 Å². The number of aryl methyl sites for hydroxylation is 1. The fraction of sp³-hybridized carbons (Fsp3) is 0.556. The second-order valence-electron chi connectivity index (χ2n) is 5.96. The van der Waals surface area contributed by atoms with Crippen LogP contribution in [0.25, 0.3) is 0 Å². The van der Waals surface area contributed by atoms with Crippen molar-refractivity contribution in [1.29, 1.82) is 0 Å². The summed E-state index contributed by atoms with van der Waals surface area (Å²) in [7, 11) is 0. The third-order valence-corrected chi connectivity index (χ3v) is 4.41. The highest BCUT2D eigenvalue weighted by Gasteiger charge is 2.20. The number of benzene rings is 1. The van der Waals surface area contributed by atoms with E-state index in [1.807, 2.05) is 17.0 Å². The number of hydrogen-bond donors (Lipinski definition) is 1. The molecule has 0 atom stereocenters. The number of carbonyl (C=O) groups excluding carboxylic acids is 1. The molecule has 0 saturated carbocycles. The third-order valence-electron chi connectivity index (χ3n) is 4.16. The highest BCUT2D eigenvalue weighted by atomic mass is 127. The van der Waals surface area contributed by atoms with Gasteiger partial charge in [-0.3, -0.25) is 9.79 Å². The SMILES string of the molecule is CCNC(=NCCCc1ccc(Cl)cc1)N1CCN(C(C)=O)CC1.I. The van der Waals surface area contributed by atoms with Crippen LogP contribution in [0, 0.1) is 0 Å². The lowest BCUT2D eigenvalue weighted by Crippen LogP contribution is -2.53. The van der Waals surface area contributed by atoms with E-state index in [1.54, 1.807) is 6.92 Å². The standard InChI is InChI=1S/C18H27ClN4O.HI/c1-3-20-18(23-13-11-22(12-14-23)15(2)24)21-10-4-5-16-6-8-17(19)9-7-16;/h6-9H,3-5,10-14H2,1-2H3,(H,20,21);1H. The number of halogens is 2. The van der Waals surface area contributed by atoms with E-state index < -0.39 is 0 Å². The lowest BCUT2D eigenvalue weighted by Gasteiger charge is -2.36. The van der Waals surface area contributed by atoms with Gasteiger partial charge in [-0.2, -0.15) is 0 Å². The highest BCUT2D eigenvalue weighted by molar-refractivity contribution is 14.0. The van der Waals surface area contributed by atoms with Crippen molar-refractivity contribution in [1.82, 2.24) is 15.1 Å². The van der Waals surface area contributed by atoms with Crippen molar-refractivity contribution >= 4 is 47.4 Å². The predicted molar refractivity (Wildman–Crippen MR) is 115 cm³/mol. The van der Waals surface area contributed by atoms with E-state index in [1.165, 1.54) is 5.56 Å². The summed E-state index contributed by atoms with van der Waals surface area (Å²) in [6.45, 7) is 8.56. The van der Waals surface area contributed by atoms with Crippen LogP contribution in [0.4, 0.5) is 0 Å². The first kappa shape index (κ1) is 22.0. The van der Waals surface area contributed by atoms with Gasteiger partial charge >= 0.3 is 0 Å². The number of rotatable bonds is 5. The minimum Gasteiger partial charge on any atom is -0.357 e. The Morgan fingerprint density at radius 1 is 1.16 bits per heavy atom. The molecule has 0 aliphatic carbocycles. The summed E-state index contributed by atoms with van der Waals surface area (Å²) in [5, 5.41) is 4.13. The van der Waals surface area contributed by atoms with Gasteiger partial charge in [-0.05, 0) is 37.5 Å². The summed E-state index contributed by atoms with van der Waals surface area (Å²) in [5.41, 5.74) is 1.29. The van der Waals surface area contributed by atoms with Gasteiger partial charge in [0.25, 0.3) is 0 Å². The van der Waals surface area contributed by atoms with Gasteiger partial charge in [0.2, 0.25) is 5.91 Å². The maximum atomic E-state index is 11.4. The first-order valence-electron chi connectivity index (χ1n) is 8.63. The van der Waals surface area contributed by atoms with Gasteiger partial charge in [0.05, 0.1) is 0 Å². The van der Waals surface area contributed by atoms with Crippen LogP contribution < -0.4 is 5.32 Å². The molecule has 0 aromatic heterocycles. The van der Waals surface area contributed by atoms with E-state index in [2.05, 4.69) is 29.3 Å². The number of guanidine groups is 1. The highest BCUT2D eigenvalue weighted by Crippen LogP contribution is 2.11. The Morgan fingerprint density at radius 3 is 2.32 bits per heavy atom. The van der Waals surface area contributed by atoms with Gasteiger partial charge in [-0.1, -0.05) is 23.7 Å². The topological polar surface area (TPSA) is 47.9 Å². The molecule has 1 saturated heterocycles.